The summed E-state index contributed by atoms with van der Waals surface area (Å²) in [7, 11) is -1.96. The van der Waals surface area contributed by atoms with Crippen LogP contribution in [0.15, 0.2) is 47.4 Å². The van der Waals surface area contributed by atoms with Gasteiger partial charge >= 0.3 is 0 Å². The Kier molecular flexibility index (Phi) is 4.28. The number of hydrogen-bond acceptors (Lipinski definition) is 4. The van der Waals surface area contributed by atoms with Gasteiger partial charge in [-0.3, -0.25) is 0 Å². The van der Waals surface area contributed by atoms with Crippen LogP contribution in [0.4, 0.5) is 0 Å². The van der Waals surface area contributed by atoms with Gasteiger partial charge in [0.15, 0.2) is 0 Å². The van der Waals surface area contributed by atoms with Crippen molar-refractivity contribution in [1.82, 2.24) is 4.72 Å². The summed E-state index contributed by atoms with van der Waals surface area (Å²) < 4.78 is 38.5. The highest BCUT2D eigenvalue weighted by atomic mass is 32.2. The van der Waals surface area contributed by atoms with Crippen molar-refractivity contribution < 1.29 is 17.9 Å². The van der Waals surface area contributed by atoms with E-state index in [2.05, 4.69) is 4.72 Å². The Morgan fingerprint density at radius 3 is 2.61 bits per heavy atom. The third kappa shape index (κ3) is 3.48. The molecule has 0 bridgehead atoms. The van der Waals surface area contributed by atoms with Crippen molar-refractivity contribution in [3.8, 4) is 11.5 Å². The van der Waals surface area contributed by atoms with E-state index in [4.69, 9.17) is 9.47 Å². The Bertz CT molecular complexity index is 800. The number of nitrogens with one attached hydrogen (secondary N) is 1. The van der Waals surface area contributed by atoms with E-state index in [1.165, 1.54) is 0 Å². The van der Waals surface area contributed by atoms with Crippen molar-refractivity contribution in [3.63, 3.8) is 0 Å². The molecule has 122 valence electrons. The number of hydrogen-bond donors (Lipinski definition) is 1. The predicted molar refractivity (Wildman–Crippen MR) is 87.5 cm³/mol. The Morgan fingerprint density at radius 2 is 1.91 bits per heavy atom. The van der Waals surface area contributed by atoms with Gasteiger partial charge in [0, 0.05) is 0 Å². The lowest BCUT2D eigenvalue weighted by Crippen LogP contribution is -2.42. The summed E-state index contributed by atoms with van der Waals surface area (Å²) in [6, 6.07) is 12.0. The summed E-state index contributed by atoms with van der Waals surface area (Å²) in [5, 5.41) is 0. The van der Waals surface area contributed by atoms with Gasteiger partial charge in [-0.2, -0.15) is 0 Å². The maximum atomic E-state index is 12.5. The van der Waals surface area contributed by atoms with Crippen LogP contribution in [0.5, 0.6) is 11.5 Å². The second kappa shape index (κ2) is 6.22. The monoisotopic (exact) mass is 333 g/mol. The Hall–Kier alpha value is -2.05. The summed E-state index contributed by atoms with van der Waals surface area (Å²) in [5.74, 6) is 1.51. The smallest absolute Gasteiger partial charge is 0.240 e. The summed E-state index contributed by atoms with van der Waals surface area (Å²) in [6.07, 6.45) is 0.567. The molecule has 0 saturated carbocycles. The molecule has 3 rings (SSSR count). The van der Waals surface area contributed by atoms with Gasteiger partial charge in [-0.15, -0.1) is 0 Å². The quantitative estimate of drug-likeness (QED) is 0.932. The largest absolute Gasteiger partial charge is 0.497 e. The summed E-state index contributed by atoms with van der Waals surface area (Å²) in [5.41, 5.74) is 1.96. The fraction of sp³-hybridized carbons (Fsp3) is 0.294. The van der Waals surface area contributed by atoms with Gasteiger partial charge in [-0.05, 0) is 49.2 Å². The fourth-order valence-corrected chi connectivity index (χ4v) is 3.80. The van der Waals surface area contributed by atoms with Crippen LogP contribution in [-0.4, -0.2) is 28.2 Å². The molecule has 0 aromatic heterocycles. The first-order chi connectivity index (χ1) is 11.0. The van der Waals surface area contributed by atoms with Gasteiger partial charge in [0.2, 0.25) is 10.0 Å². The number of ether oxygens (including phenoxy) is 2. The molecule has 0 unspecified atom stereocenters. The summed E-state index contributed by atoms with van der Waals surface area (Å²) >= 11 is 0. The molecule has 0 amide bonds. The van der Waals surface area contributed by atoms with Crippen LogP contribution in [-0.2, 0) is 16.4 Å². The minimum absolute atomic E-state index is 0.263. The molecule has 0 radical (unpaired) electrons. The molecule has 0 saturated heterocycles. The first kappa shape index (κ1) is 15.8. The van der Waals surface area contributed by atoms with Crippen LogP contribution in [0.1, 0.15) is 11.1 Å². The van der Waals surface area contributed by atoms with Crippen LogP contribution < -0.4 is 14.2 Å². The molecule has 6 heteroatoms. The number of aryl methyl sites for hydroxylation is 1. The van der Waals surface area contributed by atoms with Crippen LogP contribution in [0.25, 0.3) is 0 Å². The minimum Gasteiger partial charge on any atom is -0.497 e. The van der Waals surface area contributed by atoms with Crippen molar-refractivity contribution in [2.45, 2.75) is 24.3 Å². The Morgan fingerprint density at radius 1 is 1.17 bits per heavy atom. The van der Waals surface area contributed by atoms with Gasteiger partial charge in [0.1, 0.15) is 18.1 Å². The highest BCUT2D eigenvalue weighted by molar-refractivity contribution is 7.89. The highest BCUT2D eigenvalue weighted by Crippen LogP contribution is 2.29. The maximum Gasteiger partial charge on any atom is 0.240 e. The number of methoxy groups -OCH3 is 1. The van der Waals surface area contributed by atoms with Crippen LogP contribution in [0, 0.1) is 6.92 Å². The van der Waals surface area contributed by atoms with Crippen molar-refractivity contribution in [3.05, 3.63) is 53.6 Å². The zero-order valence-electron chi connectivity index (χ0n) is 13.1. The van der Waals surface area contributed by atoms with Crippen LogP contribution in [0.2, 0.25) is 0 Å². The molecule has 0 fully saturated rings. The molecule has 2 aromatic carbocycles. The van der Waals surface area contributed by atoms with E-state index in [1.54, 1.807) is 31.4 Å². The van der Waals surface area contributed by atoms with E-state index < -0.39 is 10.0 Å². The zero-order chi connectivity index (χ0) is 16.4. The van der Waals surface area contributed by atoms with E-state index in [-0.39, 0.29) is 10.9 Å². The van der Waals surface area contributed by atoms with E-state index in [0.29, 0.717) is 13.0 Å². The van der Waals surface area contributed by atoms with Gasteiger partial charge in [-0.25, -0.2) is 13.1 Å². The molecule has 5 nitrogen and oxygen atoms in total. The van der Waals surface area contributed by atoms with Gasteiger partial charge in [0.25, 0.3) is 0 Å². The van der Waals surface area contributed by atoms with E-state index in [1.807, 2.05) is 25.1 Å². The van der Waals surface area contributed by atoms with E-state index in [0.717, 1.165) is 22.6 Å². The van der Waals surface area contributed by atoms with Crippen molar-refractivity contribution >= 4 is 10.0 Å². The Labute approximate surface area is 136 Å². The lowest BCUT2D eigenvalue weighted by molar-refractivity contribution is 0.253. The third-order valence-electron chi connectivity index (χ3n) is 3.83. The van der Waals surface area contributed by atoms with Gasteiger partial charge in [-0.1, -0.05) is 17.7 Å². The molecule has 23 heavy (non-hydrogen) atoms. The zero-order valence-corrected chi connectivity index (χ0v) is 13.9. The fourth-order valence-electron chi connectivity index (χ4n) is 2.58. The second-order valence-corrected chi connectivity index (χ2v) is 7.33. The average Bonchev–Trinajstić information content (AvgIpc) is 2.54. The Balaban J connectivity index is 1.77. The number of fused-ring (bicyclic) bond motifs is 1. The predicted octanol–water partition coefficient (Wildman–Crippen LogP) is 2.29. The van der Waals surface area contributed by atoms with E-state index >= 15 is 0 Å². The summed E-state index contributed by atoms with van der Waals surface area (Å²) in [6.45, 7) is 2.23. The number of benzene rings is 2. The molecule has 1 aliphatic heterocycles. The molecule has 1 heterocycles. The maximum absolute atomic E-state index is 12.5. The van der Waals surface area contributed by atoms with Crippen molar-refractivity contribution in [1.29, 1.82) is 0 Å². The first-order valence-electron chi connectivity index (χ1n) is 7.36. The molecular formula is C17H19NO4S. The lowest BCUT2D eigenvalue weighted by Gasteiger charge is -2.26. The molecule has 1 atom stereocenters. The molecule has 1 aliphatic rings. The first-order valence-corrected chi connectivity index (χ1v) is 8.85. The molecular weight excluding hydrogens is 314 g/mol. The topological polar surface area (TPSA) is 64.6 Å². The number of rotatable bonds is 4. The molecule has 0 aliphatic carbocycles. The van der Waals surface area contributed by atoms with Gasteiger partial charge < -0.3 is 9.47 Å². The minimum atomic E-state index is -3.56. The normalized spacial score (nSPS) is 17.2. The van der Waals surface area contributed by atoms with Crippen molar-refractivity contribution in [2.75, 3.05) is 13.7 Å². The van der Waals surface area contributed by atoms with Crippen LogP contribution >= 0.6 is 0 Å². The second-order valence-electron chi connectivity index (χ2n) is 5.62. The number of sulfonamides is 1. The molecule has 1 N–H and O–H groups in total. The average molecular weight is 333 g/mol. The highest BCUT2D eigenvalue weighted by Gasteiger charge is 2.25. The summed E-state index contributed by atoms with van der Waals surface area (Å²) in [4.78, 5) is 0.263. The SMILES string of the molecule is COc1ccc2c(c1)C[C@@H](NS(=O)(=O)c1ccc(C)cc1)CO2. The van der Waals surface area contributed by atoms with Crippen LogP contribution in [0.3, 0.4) is 0 Å². The standard InChI is InChI=1S/C17H19NO4S/c1-12-3-6-16(7-4-12)23(19,20)18-14-9-13-10-15(21-2)5-8-17(13)22-11-14/h3-8,10,14,18H,9,11H2,1-2H3/t14-/m1/s1. The molecule has 0 spiro atoms. The lowest BCUT2D eigenvalue weighted by atomic mass is 10.0. The molecule has 2 aromatic rings. The van der Waals surface area contributed by atoms with E-state index in [9.17, 15) is 8.42 Å². The van der Waals surface area contributed by atoms with Crippen molar-refractivity contribution in [2.24, 2.45) is 0 Å². The van der Waals surface area contributed by atoms with Gasteiger partial charge in [0.05, 0.1) is 18.0 Å². The third-order valence-corrected chi connectivity index (χ3v) is 5.36.